The second kappa shape index (κ2) is 3.95. The van der Waals surface area contributed by atoms with E-state index in [4.69, 9.17) is 5.73 Å². The molecule has 0 aliphatic heterocycles. The summed E-state index contributed by atoms with van der Waals surface area (Å²) in [5.74, 6) is 1.70. The van der Waals surface area contributed by atoms with Crippen molar-refractivity contribution >= 4 is 39.1 Å². The van der Waals surface area contributed by atoms with Gasteiger partial charge in [0.15, 0.2) is 5.82 Å². The molecular formula is C11H12N6S. The number of aryl methyl sites for hydroxylation is 2. The van der Waals surface area contributed by atoms with Crippen molar-refractivity contribution in [2.24, 2.45) is 7.05 Å². The lowest BCUT2D eigenvalue weighted by molar-refractivity contribution is 0.771. The maximum atomic E-state index is 5.71. The van der Waals surface area contributed by atoms with Crippen LogP contribution in [0.2, 0.25) is 0 Å². The van der Waals surface area contributed by atoms with Crippen LogP contribution in [0.1, 0.15) is 4.88 Å². The number of nitrogens with one attached hydrogen (secondary N) is 1. The van der Waals surface area contributed by atoms with Crippen LogP contribution in [-0.2, 0) is 7.05 Å². The van der Waals surface area contributed by atoms with E-state index in [1.54, 1.807) is 16.0 Å². The van der Waals surface area contributed by atoms with Gasteiger partial charge in [0.1, 0.15) is 10.6 Å². The molecule has 6 nitrogen and oxygen atoms in total. The van der Waals surface area contributed by atoms with E-state index >= 15 is 0 Å². The highest BCUT2D eigenvalue weighted by Gasteiger charge is 2.10. The van der Waals surface area contributed by atoms with Gasteiger partial charge in [-0.05, 0) is 13.0 Å². The van der Waals surface area contributed by atoms with Crippen molar-refractivity contribution < 1.29 is 0 Å². The quantitative estimate of drug-likeness (QED) is 0.737. The van der Waals surface area contributed by atoms with Crippen molar-refractivity contribution in [2.75, 3.05) is 11.1 Å². The van der Waals surface area contributed by atoms with Gasteiger partial charge in [0, 0.05) is 24.2 Å². The molecule has 3 aromatic heterocycles. The molecule has 0 unspecified atom stereocenters. The number of hydrogen-bond acceptors (Lipinski definition) is 6. The summed E-state index contributed by atoms with van der Waals surface area (Å²) >= 11 is 1.60. The first-order chi connectivity index (χ1) is 8.61. The Morgan fingerprint density at radius 3 is 2.94 bits per heavy atom. The minimum absolute atomic E-state index is 0.266. The van der Waals surface area contributed by atoms with Gasteiger partial charge in [-0.25, -0.2) is 4.98 Å². The number of nitrogens with zero attached hydrogens (tertiary/aromatic N) is 4. The molecule has 0 aliphatic rings. The average molecular weight is 260 g/mol. The van der Waals surface area contributed by atoms with Gasteiger partial charge in [0.2, 0.25) is 5.95 Å². The molecule has 0 atom stereocenters. The fraction of sp³-hybridized carbons (Fsp3) is 0.182. The molecule has 0 bridgehead atoms. The third-order valence-corrected chi connectivity index (χ3v) is 3.44. The molecule has 3 aromatic rings. The second-order valence-electron chi connectivity index (χ2n) is 4.01. The first kappa shape index (κ1) is 11.0. The van der Waals surface area contributed by atoms with Gasteiger partial charge in [0.25, 0.3) is 0 Å². The van der Waals surface area contributed by atoms with Crippen LogP contribution in [0.4, 0.5) is 17.6 Å². The normalized spacial score (nSPS) is 11.0. The Kier molecular flexibility index (Phi) is 2.41. The summed E-state index contributed by atoms with van der Waals surface area (Å²) in [6.45, 7) is 2.03. The Morgan fingerprint density at radius 1 is 1.39 bits per heavy atom. The van der Waals surface area contributed by atoms with E-state index in [-0.39, 0.29) is 5.95 Å². The molecule has 0 saturated carbocycles. The summed E-state index contributed by atoms with van der Waals surface area (Å²) in [6.07, 6.45) is 1.86. The zero-order chi connectivity index (χ0) is 12.7. The zero-order valence-corrected chi connectivity index (χ0v) is 10.8. The third-order valence-electron chi connectivity index (χ3n) is 2.49. The molecule has 3 N–H and O–H groups in total. The Bertz CT molecular complexity index is 713. The Labute approximate surface area is 107 Å². The lowest BCUT2D eigenvalue weighted by Crippen LogP contribution is -2.01. The molecule has 3 rings (SSSR count). The van der Waals surface area contributed by atoms with Crippen LogP contribution in [-0.4, -0.2) is 19.7 Å². The maximum Gasteiger partial charge on any atom is 0.223 e. The summed E-state index contributed by atoms with van der Waals surface area (Å²) in [4.78, 5) is 10.5. The van der Waals surface area contributed by atoms with Crippen molar-refractivity contribution in [3.05, 3.63) is 23.2 Å². The summed E-state index contributed by atoms with van der Waals surface area (Å²) in [5, 5.41) is 8.39. The van der Waals surface area contributed by atoms with E-state index in [1.807, 2.05) is 32.3 Å². The fourth-order valence-corrected chi connectivity index (χ4v) is 2.64. The SMILES string of the molecule is Cc1cc2c(Nc3ccn(C)n3)nc(N)nc2s1. The smallest absolute Gasteiger partial charge is 0.223 e. The van der Waals surface area contributed by atoms with Crippen molar-refractivity contribution in [3.8, 4) is 0 Å². The van der Waals surface area contributed by atoms with E-state index in [1.165, 1.54) is 4.88 Å². The van der Waals surface area contributed by atoms with Gasteiger partial charge in [-0.1, -0.05) is 0 Å². The molecule has 18 heavy (non-hydrogen) atoms. The van der Waals surface area contributed by atoms with E-state index < -0.39 is 0 Å². The lowest BCUT2D eigenvalue weighted by Gasteiger charge is -2.04. The molecule has 0 aliphatic carbocycles. The van der Waals surface area contributed by atoms with Crippen molar-refractivity contribution in [1.82, 2.24) is 19.7 Å². The topological polar surface area (TPSA) is 81.7 Å². The molecule has 0 saturated heterocycles. The van der Waals surface area contributed by atoms with Crippen molar-refractivity contribution in [3.63, 3.8) is 0 Å². The van der Waals surface area contributed by atoms with Crippen LogP contribution < -0.4 is 11.1 Å². The minimum atomic E-state index is 0.266. The average Bonchev–Trinajstić information content (AvgIpc) is 2.84. The Morgan fingerprint density at radius 2 is 2.22 bits per heavy atom. The number of anilines is 3. The number of aromatic nitrogens is 4. The molecule has 92 valence electrons. The first-order valence-electron chi connectivity index (χ1n) is 5.42. The minimum Gasteiger partial charge on any atom is -0.368 e. The van der Waals surface area contributed by atoms with E-state index in [0.29, 0.717) is 5.82 Å². The number of nitrogen functional groups attached to an aromatic ring is 1. The summed E-state index contributed by atoms with van der Waals surface area (Å²) in [7, 11) is 1.86. The van der Waals surface area contributed by atoms with E-state index in [9.17, 15) is 0 Å². The molecule has 0 amide bonds. The standard InChI is InChI=1S/C11H12N6S/c1-6-5-7-9(13-8-3-4-17(2)16-8)14-11(12)15-10(7)18-6/h3-5H,1-2H3,(H3,12,13,14,15,16). The third kappa shape index (κ3) is 1.88. The molecular weight excluding hydrogens is 248 g/mol. The highest BCUT2D eigenvalue weighted by molar-refractivity contribution is 7.18. The highest BCUT2D eigenvalue weighted by atomic mass is 32.1. The number of thiophene rings is 1. The van der Waals surface area contributed by atoms with Crippen LogP contribution in [0.15, 0.2) is 18.3 Å². The van der Waals surface area contributed by atoms with Crippen LogP contribution in [0.3, 0.4) is 0 Å². The Hall–Kier alpha value is -2.15. The predicted molar refractivity (Wildman–Crippen MR) is 73.1 cm³/mol. The summed E-state index contributed by atoms with van der Waals surface area (Å²) < 4.78 is 1.73. The van der Waals surface area contributed by atoms with Crippen LogP contribution in [0.25, 0.3) is 10.2 Å². The van der Waals surface area contributed by atoms with Gasteiger partial charge in [-0.2, -0.15) is 10.1 Å². The van der Waals surface area contributed by atoms with Crippen molar-refractivity contribution in [1.29, 1.82) is 0 Å². The molecule has 0 radical (unpaired) electrons. The van der Waals surface area contributed by atoms with Gasteiger partial charge in [0.05, 0.1) is 5.39 Å². The zero-order valence-electron chi connectivity index (χ0n) is 10.0. The highest BCUT2D eigenvalue weighted by Crippen LogP contribution is 2.30. The van der Waals surface area contributed by atoms with E-state index in [2.05, 4.69) is 20.4 Å². The number of rotatable bonds is 2. The number of nitrogens with two attached hydrogens (primary N) is 1. The molecule has 3 heterocycles. The predicted octanol–water partition coefficient (Wildman–Crippen LogP) is 2.06. The first-order valence-corrected chi connectivity index (χ1v) is 6.24. The lowest BCUT2D eigenvalue weighted by atomic mass is 10.3. The van der Waals surface area contributed by atoms with Crippen LogP contribution >= 0.6 is 11.3 Å². The molecule has 7 heteroatoms. The monoisotopic (exact) mass is 260 g/mol. The number of fused-ring (bicyclic) bond motifs is 1. The van der Waals surface area contributed by atoms with E-state index in [0.717, 1.165) is 16.0 Å². The largest absolute Gasteiger partial charge is 0.368 e. The molecule has 0 spiro atoms. The van der Waals surface area contributed by atoms with Crippen molar-refractivity contribution in [2.45, 2.75) is 6.92 Å². The van der Waals surface area contributed by atoms with Gasteiger partial charge < -0.3 is 11.1 Å². The van der Waals surface area contributed by atoms with Gasteiger partial charge in [-0.3, -0.25) is 4.68 Å². The Balaban J connectivity index is 2.10. The van der Waals surface area contributed by atoms with Gasteiger partial charge >= 0.3 is 0 Å². The molecule has 0 aromatic carbocycles. The maximum absolute atomic E-state index is 5.71. The fourth-order valence-electron chi connectivity index (χ4n) is 1.76. The van der Waals surface area contributed by atoms with Gasteiger partial charge in [-0.15, -0.1) is 11.3 Å². The summed E-state index contributed by atoms with van der Waals surface area (Å²) in [5.41, 5.74) is 5.71. The summed E-state index contributed by atoms with van der Waals surface area (Å²) in [6, 6.07) is 3.92. The second-order valence-corrected chi connectivity index (χ2v) is 5.24. The number of hydrogen-bond donors (Lipinski definition) is 2. The van der Waals surface area contributed by atoms with Crippen LogP contribution in [0, 0.1) is 6.92 Å². The van der Waals surface area contributed by atoms with Crippen LogP contribution in [0.5, 0.6) is 0 Å². The molecule has 0 fully saturated rings.